The van der Waals surface area contributed by atoms with Gasteiger partial charge in [-0.1, -0.05) is 0 Å². The highest BCUT2D eigenvalue weighted by Crippen LogP contribution is 2.20. The summed E-state index contributed by atoms with van der Waals surface area (Å²) in [7, 11) is 1.82. The van der Waals surface area contributed by atoms with Gasteiger partial charge in [-0.15, -0.1) is 0 Å². The Labute approximate surface area is 96.8 Å². The number of aromatic nitrogens is 2. The Balaban J connectivity index is 1.65. The highest BCUT2D eigenvalue weighted by molar-refractivity contribution is 4.94. The fraction of sp³-hybridized carbons (Fsp3) is 0.750. The van der Waals surface area contributed by atoms with Gasteiger partial charge in [0, 0.05) is 38.0 Å². The van der Waals surface area contributed by atoms with Gasteiger partial charge in [-0.2, -0.15) is 0 Å². The molecule has 0 bridgehead atoms. The predicted octanol–water partition coefficient (Wildman–Crippen LogP) is 1.50. The second kappa shape index (κ2) is 6.01. The molecule has 1 heterocycles. The molecule has 0 amide bonds. The van der Waals surface area contributed by atoms with E-state index in [2.05, 4.69) is 15.3 Å². The van der Waals surface area contributed by atoms with E-state index in [-0.39, 0.29) is 0 Å². The van der Waals surface area contributed by atoms with Gasteiger partial charge in [-0.3, -0.25) is 0 Å². The van der Waals surface area contributed by atoms with E-state index in [0.717, 1.165) is 19.4 Å². The normalized spacial score (nSPS) is 25.8. The summed E-state index contributed by atoms with van der Waals surface area (Å²) < 4.78 is 5.42. The van der Waals surface area contributed by atoms with Crippen molar-refractivity contribution in [1.82, 2.24) is 15.3 Å². The number of nitrogens with zero attached hydrogens (tertiary/aromatic N) is 1. The number of methoxy groups -OCH3 is 1. The third-order valence-electron chi connectivity index (χ3n) is 3.34. The van der Waals surface area contributed by atoms with Gasteiger partial charge >= 0.3 is 0 Å². The molecule has 90 valence electrons. The lowest BCUT2D eigenvalue weighted by Crippen LogP contribution is -2.37. The minimum absolute atomic E-state index is 0.457. The minimum Gasteiger partial charge on any atom is -0.381 e. The molecule has 0 spiro atoms. The number of hydrogen-bond acceptors (Lipinski definition) is 3. The van der Waals surface area contributed by atoms with Crippen LogP contribution in [0.4, 0.5) is 0 Å². The summed E-state index contributed by atoms with van der Waals surface area (Å²) >= 11 is 0. The molecule has 1 aromatic rings. The van der Waals surface area contributed by atoms with Crippen molar-refractivity contribution in [2.45, 2.75) is 44.2 Å². The van der Waals surface area contributed by atoms with Crippen LogP contribution in [0.2, 0.25) is 0 Å². The van der Waals surface area contributed by atoms with Crippen molar-refractivity contribution in [2.24, 2.45) is 0 Å². The maximum absolute atomic E-state index is 5.42. The summed E-state index contributed by atoms with van der Waals surface area (Å²) in [6.07, 6.45) is 10.0. The zero-order valence-electron chi connectivity index (χ0n) is 9.91. The van der Waals surface area contributed by atoms with E-state index >= 15 is 0 Å². The second-order valence-corrected chi connectivity index (χ2v) is 4.50. The zero-order chi connectivity index (χ0) is 11.2. The van der Waals surface area contributed by atoms with Crippen LogP contribution in [0.5, 0.6) is 0 Å². The van der Waals surface area contributed by atoms with Crippen molar-refractivity contribution in [3.8, 4) is 0 Å². The molecule has 0 aliphatic heterocycles. The Morgan fingerprint density at radius 2 is 2.50 bits per heavy atom. The van der Waals surface area contributed by atoms with E-state index in [1.54, 1.807) is 6.33 Å². The van der Waals surface area contributed by atoms with Crippen LogP contribution in [-0.4, -0.2) is 35.8 Å². The van der Waals surface area contributed by atoms with E-state index in [9.17, 15) is 0 Å². The summed E-state index contributed by atoms with van der Waals surface area (Å²) in [6, 6.07) is 0.627. The number of H-pyrrole nitrogens is 1. The Morgan fingerprint density at radius 1 is 1.56 bits per heavy atom. The van der Waals surface area contributed by atoms with Crippen LogP contribution in [0.3, 0.4) is 0 Å². The Kier molecular flexibility index (Phi) is 4.36. The van der Waals surface area contributed by atoms with E-state index in [0.29, 0.717) is 12.1 Å². The van der Waals surface area contributed by atoms with Gasteiger partial charge in [-0.05, 0) is 25.7 Å². The fourth-order valence-corrected chi connectivity index (χ4v) is 2.38. The van der Waals surface area contributed by atoms with Crippen molar-refractivity contribution >= 4 is 0 Å². The molecule has 4 heteroatoms. The first kappa shape index (κ1) is 11.6. The van der Waals surface area contributed by atoms with Crippen LogP contribution in [0.25, 0.3) is 0 Å². The van der Waals surface area contributed by atoms with Crippen molar-refractivity contribution in [3.05, 3.63) is 18.2 Å². The van der Waals surface area contributed by atoms with Crippen LogP contribution in [0.1, 0.15) is 31.4 Å². The van der Waals surface area contributed by atoms with Gasteiger partial charge in [0.15, 0.2) is 0 Å². The summed E-state index contributed by atoms with van der Waals surface area (Å²) in [5.41, 5.74) is 1.20. The molecule has 2 unspecified atom stereocenters. The number of rotatable bonds is 5. The molecule has 1 aliphatic rings. The fourth-order valence-electron chi connectivity index (χ4n) is 2.38. The van der Waals surface area contributed by atoms with Crippen LogP contribution in [-0.2, 0) is 11.2 Å². The summed E-state index contributed by atoms with van der Waals surface area (Å²) in [5.74, 6) is 0. The van der Waals surface area contributed by atoms with Crippen LogP contribution < -0.4 is 5.32 Å². The van der Waals surface area contributed by atoms with E-state index < -0.39 is 0 Å². The quantitative estimate of drug-likeness (QED) is 0.795. The first-order valence-corrected chi connectivity index (χ1v) is 6.12. The standard InChI is InChI=1S/C12H21N3O/c1-16-12-4-2-3-10(7-12)14-6-5-11-8-13-9-15-11/h8-10,12,14H,2-7H2,1H3,(H,13,15). The number of aromatic amines is 1. The molecule has 1 aliphatic carbocycles. The molecular formula is C12H21N3O. The van der Waals surface area contributed by atoms with Crippen molar-refractivity contribution in [3.63, 3.8) is 0 Å². The molecule has 1 saturated carbocycles. The minimum atomic E-state index is 0.457. The monoisotopic (exact) mass is 223 g/mol. The average molecular weight is 223 g/mol. The van der Waals surface area contributed by atoms with Crippen LogP contribution in [0.15, 0.2) is 12.5 Å². The van der Waals surface area contributed by atoms with Gasteiger partial charge in [-0.25, -0.2) is 4.98 Å². The smallest absolute Gasteiger partial charge is 0.0921 e. The first-order valence-electron chi connectivity index (χ1n) is 6.12. The number of ether oxygens (including phenoxy) is 1. The third-order valence-corrected chi connectivity index (χ3v) is 3.34. The maximum atomic E-state index is 5.42. The molecule has 16 heavy (non-hydrogen) atoms. The molecule has 0 radical (unpaired) electrons. The predicted molar refractivity (Wildman–Crippen MR) is 63.3 cm³/mol. The molecule has 1 fully saturated rings. The van der Waals surface area contributed by atoms with Gasteiger partial charge in [0.1, 0.15) is 0 Å². The topological polar surface area (TPSA) is 49.9 Å². The van der Waals surface area contributed by atoms with Crippen molar-refractivity contribution in [2.75, 3.05) is 13.7 Å². The van der Waals surface area contributed by atoms with Gasteiger partial charge in [0.25, 0.3) is 0 Å². The van der Waals surface area contributed by atoms with Gasteiger partial charge < -0.3 is 15.0 Å². The average Bonchev–Trinajstić information content (AvgIpc) is 2.82. The third kappa shape index (κ3) is 3.32. The molecule has 2 N–H and O–H groups in total. The second-order valence-electron chi connectivity index (χ2n) is 4.50. The molecule has 1 aromatic heterocycles. The lowest BCUT2D eigenvalue weighted by atomic mass is 9.93. The van der Waals surface area contributed by atoms with Crippen molar-refractivity contribution < 1.29 is 4.74 Å². The SMILES string of the molecule is COC1CCCC(NCCc2cnc[nH]2)C1. The molecule has 4 nitrogen and oxygen atoms in total. The zero-order valence-corrected chi connectivity index (χ0v) is 9.91. The van der Waals surface area contributed by atoms with Crippen LogP contribution >= 0.6 is 0 Å². The highest BCUT2D eigenvalue weighted by atomic mass is 16.5. The molecule has 0 aromatic carbocycles. The Hall–Kier alpha value is -0.870. The van der Waals surface area contributed by atoms with Crippen molar-refractivity contribution in [1.29, 1.82) is 0 Å². The molecule has 2 rings (SSSR count). The van der Waals surface area contributed by atoms with Crippen LogP contribution in [0, 0.1) is 0 Å². The number of nitrogens with one attached hydrogen (secondary N) is 2. The first-order chi connectivity index (χ1) is 7.88. The van der Waals surface area contributed by atoms with Gasteiger partial charge in [0.05, 0.1) is 12.4 Å². The highest BCUT2D eigenvalue weighted by Gasteiger charge is 2.20. The number of imidazole rings is 1. The van der Waals surface area contributed by atoms with E-state index in [4.69, 9.17) is 4.74 Å². The summed E-state index contributed by atoms with van der Waals surface area (Å²) in [6.45, 7) is 1.02. The Morgan fingerprint density at radius 3 is 3.25 bits per heavy atom. The Bertz CT molecular complexity index is 286. The number of hydrogen-bond donors (Lipinski definition) is 2. The molecule has 2 atom stereocenters. The molecule has 0 saturated heterocycles. The summed E-state index contributed by atoms with van der Waals surface area (Å²) in [5, 5.41) is 3.60. The summed E-state index contributed by atoms with van der Waals surface area (Å²) in [4.78, 5) is 7.13. The molecular weight excluding hydrogens is 202 g/mol. The van der Waals surface area contributed by atoms with Gasteiger partial charge in [0.2, 0.25) is 0 Å². The van der Waals surface area contributed by atoms with E-state index in [1.807, 2.05) is 13.3 Å². The lowest BCUT2D eigenvalue weighted by molar-refractivity contribution is 0.0590. The maximum Gasteiger partial charge on any atom is 0.0921 e. The lowest BCUT2D eigenvalue weighted by Gasteiger charge is -2.28. The largest absolute Gasteiger partial charge is 0.381 e. The van der Waals surface area contributed by atoms with E-state index in [1.165, 1.54) is 25.0 Å².